The lowest BCUT2D eigenvalue weighted by molar-refractivity contribution is -0.385. The first kappa shape index (κ1) is 20.3. The van der Waals surface area contributed by atoms with Crippen LogP contribution in [0.1, 0.15) is 39.1 Å². The van der Waals surface area contributed by atoms with Gasteiger partial charge in [0.15, 0.2) is 0 Å². The van der Waals surface area contributed by atoms with Gasteiger partial charge in [0.05, 0.1) is 10.5 Å². The molecule has 1 saturated heterocycles. The van der Waals surface area contributed by atoms with Crippen LogP contribution in [0.25, 0.3) is 0 Å². The van der Waals surface area contributed by atoms with Gasteiger partial charge < -0.3 is 15.1 Å². The fourth-order valence-electron chi connectivity index (χ4n) is 3.42. The molecule has 0 unspecified atom stereocenters. The Bertz CT molecular complexity index is 965. The van der Waals surface area contributed by atoms with Crippen molar-refractivity contribution in [2.24, 2.45) is 0 Å². The average Bonchev–Trinajstić information content (AvgIpc) is 3.22. The number of likely N-dealkylation sites (tertiary alicyclic amines) is 1. The van der Waals surface area contributed by atoms with Crippen molar-refractivity contribution in [3.05, 3.63) is 63.2 Å². The molecule has 8 nitrogen and oxygen atoms in total. The summed E-state index contributed by atoms with van der Waals surface area (Å²) < 4.78 is 0. The van der Waals surface area contributed by atoms with Crippen molar-refractivity contribution < 1.29 is 14.5 Å². The Morgan fingerprint density at radius 3 is 2.41 bits per heavy atom. The van der Waals surface area contributed by atoms with Crippen LogP contribution in [-0.2, 0) is 0 Å². The molecule has 1 fully saturated rings. The molecule has 8 heteroatoms. The van der Waals surface area contributed by atoms with Gasteiger partial charge in [-0.25, -0.2) is 0 Å². The Labute approximate surface area is 169 Å². The van der Waals surface area contributed by atoms with Crippen LogP contribution in [0.3, 0.4) is 0 Å². The van der Waals surface area contributed by atoms with E-state index in [0.29, 0.717) is 16.8 Å². The van der Waals surface area contributed by atoms with Crippen LogP contribution in [0.5, 0.6) is 0 Å². The van der Waals surface area contributed by atoms with Crippen molar-refractivity contribution in [1.29, 1.82) is 0 Å². The predicted octanol–water partition coefficient (Wildman–Crippen LogP) is 3.46. The lowest BCUT2D eigenvalue weighted by atomic mass is 10.1. The van der Waals surface area contributed by atoms with E-state index < -0.39 is 10.8 Å². The second-order valence-corrected chi connectivity index (χ2v) is 7.34. The quantitative estimate of drug-likeness (QED) is 0.617. The van der Waals surface area contributed by atoms with E-state index in [9.17, 15) is 19.7 Å². The van der Waals surface area contributed by atoms with E-state index in [0.717, 1.165) is 31.6 Å². The van der Waals surface area contributed by atoms with E-state index in [2.05, 4.69) is 5.32 Å². The third-order valence-electron chi connectivity index (χ3n) is 5.03. The number of nitrogens with one attached hydrogen (secondary N) is 1. The topological polar surface area (TPSA) is 95.8 Å². The maximum Gasteiger partial charge on any atom is 0.273 e. The van der Waals surface area contributed by atoms with E-state index >= 15 is 0 Å². The van der Waals surface area contributed by atoms with Crippen LogP contribution in [0.4, 0.5) is 17.1 Å². The molecule has 2 amide bonds. The Morgan fingerprint density at radius 1 is 1.10 bits per heavy atom. The summed E-state index contributed by atoms with van der Waals surface area (Å²) in [7, 11) is 3.72. The van der Waals surface area contributed by atoms with Crippen LogP contribution >= 0.6 is 0 Å². The van der Waals surface area contributed by atoms with Crippen LogP contribution in [0.2, 0.25) is 0 Å². The number of amides is 2. The molecule has 0 bridgehead atoms. The zero-order valence-corrected chi connectivity index (χ0v) is 16.8. The van der Waals surface area contributed by atoms with E-state index in [1.54, 1.807) is 37.3 Å². The number of nitro groups is 1. The molecule has 2 aromatic carbocycles. The lowest BCUT2D eigenvalue weighted by Crippen LogP contribution is -2.29. The number of hydrogen-bond donors (Lipinski definition) is 1. The number of carbonyl (C=O) groups excluding carboxylic acids is 2. The molecule has 1 aliphatic heterocycles. The van der Waals surface area contributed by atoms with Gasteiger partial charge >= 0.3 is 0 Å². The smallest absolute Gasteiger partial charge is 0.273 e. The molecule has 1 aliphatic rings. The van der Waals surface area contributed by atoms with Gasteiger partial charge in [0.1, 0.15) is 0 Å². The Kier molecular flexibility index (Phi) is 5.81. The molecule has 0 spiro atoms. The summed E-state index contributed by atoms with van der Waals surface area (Å²) in [6.07, 6.45) is 1.98. The highest BCUT2D eigenvalue weighted by atomic mass is 16.6. The summed E-state index contributed by atoms with van der Waals surface area (Å²) in [5, 5.41) is 13.9. The van der Waals surface area contributed by atoms with Crippen molar-refractivity contribution in [2.45, 2.75) is 19.8 Å². The van der Waals surface area contributed by atoms with E-state index in [1.165, 1.54) is 6.07 Å². The second-order valence-electron chi connectivity index (χ2n) is 7.34. The molecule has 0 atom stereocenters. The summed E-state index contributed by atoms with van der Waals surface area (Å²) >= 11 is 0. The zero-order valence-electron chi connectivity index (χ0n) is 16.8. The molecule has 0 aliphatic carbocycles. The maximum atomic E-state index is 12.9. The number of nitrogens with zero attached hydrogens (tertiary/aromatic N) is 3. The third kappa shape index (κ3) is 4.37. The molecule has 0 aromatic heterocycles. The maximum absolute atomic E-state index is 12.9. The van der Waals surface area contributed by atoms with Gasteiger partial charge in [0, 0.05) is 55.8 Å². The minimum Gasteiger partial charge on any atom is -0.377 e. The number of aryl methyl sites for hydroxylation is 1. The molecule has 0 saturated carbocycles. The van der Waals surface area contributed by atoms with E-state index in [-0.39, 0.29) is 17.2 Å². The number of benzene rings is 2. The molecule has 2 aromatic rings. The number of rotatable bonds is 5. The summed E-state index contributed by atoms with van der Waals surface area (Å²) in [5.74, 6) is -0.529. The normalized spacial score (nSPS) is 13.3. The van der Waals surface area contributed by atoms with Crippen LogP contribution < -0.4 is 10.2 Å². The van der Waals surface area contributed by atoms with E-state index in [1.807, 2.05) is 23.9 Å². The Hall–Kier alpha value is -3.42. The van der Waals surface area contributed by atoms with Gasteiger partial charge in [-0.3, -0.25) is 19.7 Å². The minimum absolute atomic E-state index is 0.0618. The van der Waals surface area contributed by atoms with Crippen LogP contribution in [-0.4, -0.2) is 48.8 Å². The van der Waals surface area contributed by atoms with Crippen molar-refractivity contribution >= 4 is 28.9 Å². The Morgan fingerprint density at radius 2 is 1.79 bits per heavy atom. The highest BCUT2D eigenvalue weighted by Crippen LogP contribution is 2.27. The van der Waals surface area contributed by atoms with Crippen LogP contribution in [0, 0.1) is 17.0 Å². The predicted molar refractivity (Wildman–Crippen MR) is 112 cm³/mol. The molecule has 1 N–H and O–H groups in total. The largest absolute Gasteiger partial charge is 0.377 e. The van der Waals surface area contributed by atoms with Gasteiger partial charge in [0.25, 0.3) is 17.5 Å². The summed E-state index contributed by atoms with van der Waals surface area (Å²) in [6, 6.07) is 9.52. The third-order valence-corrected chi connectivity index (χ3v) is 5.03. The fourth-order valence-corrected chi connectivity index (χ4v) is 3.42. The van der Waals surface area contributed by atoms with Gasteiger partial charge in [-0.05, 0) is 44.0 Å². The van der Waals surface area contributed by atoms with Gasteiger partial charge in [-0.1, -0.05) is 6.07 Å². The lowest BCUT2D eigenvalue weighted by Gasteiger charge is -2.22. The summed E-state index contributed by atoms with van der Waals surface area (Å²) in [5.41, 5.74) is 2.32. The summed E-state index contributed by atoms with van der Waals surface area (Å²) in [4.78, 5) is 39.9. The number of hydrogen-bond acceptors (Lipinski definition) is 5. The number of nitro benzene ring substituents is 1. The SMILES string of the molecule is Cc1ccc(C(=O)Nc2ccc(N(C)C)c(C(=O)N3CCCC3)c2)cc1[N+](=O)[O-]. The minimum atomic E-state index is -0.509. The monoisotopic (exact) mass is 396 g/mol. The first-order valence-corrected chi connectivity index (χ1v) is 9.45. The van der Waals surface area contributed by atoms with E-state index in [4.69, 9.17) is 0 Å². The molecule has 1 heterocycles. The van der Waals surface area contributed by atoms with Crippen LogP contribution in [0.15, 0.2) is 36.4 Å². The molecule has 3 rings (SSSR count). The molecule has 0 radical (unpaired) electrons. The molecular formula is C21H24N4O4. The highest BCUT2D eigenvalue weighted by Gasteiger charge is 2.23. The highest BCUT2D eigenvalue weighted by molar-refractivity contribution is 6.06. The molecule has 29 heavy (non-hydrogen) atoms. The average molecular weight is 396 g/mol. The first-order chi connectivity index (χ1) is 13.8. The molecular weight excluding hydrogens is 372 g/mol. The number of carbonyl (C=O) groups is 2. The van der Waals surface area contributed by atoms with Crippen molar-refractivity contribution in [1.82, 2.24) is 4.90 Å². The fraction of sp³-hybridized carbons (Fsp3) is 0.333. The Balaban J connectivity index is 1.88. The van der Waals surface area contributed by atoms with Gasteiger partial charge in [-0.2, -0.15) is 0 Å². The van der Waals surface area contributed by atoms with Gasteiger partial charge in [0.2, 0.25) is 0 Å². The standard InChI is InChI=1S/C21H24N4O4/c1-14-6-7-15(12-19(14)25(28)29)20(26)22-16-8-9-18(23(2)3)17(13-16)21(27)24-10-4-5-11-24/h6-9,12-13H,4-5,10-11H2,1-3H3,(H,22,26). The summed E-state index contributed by atoms with van der Waals surface area (Å²) in [6.45, 7) is 3.08. The van der Waals surface area contributed by atoms with Gasteiger partial charge in [-0.15, -0.1) is 0 Å². The number of anilines is 2. The molecule has 152 valence electrons. The second kappa shape index (κ2) is 8.30. The zero-order chi connectivity index (χ0) is 21.1. The first-order valence-electron chi connectivity index (χ1n) is 9.45. The van der Waals surface area contributed by atoms with Crippen molar-refractivity contribution in [3.63, 3.8) is 0 Å². The van der Waals surface area contributed by atoms with Crippen molar-refractivity contribution in [2.75, 3.05) is 37.4 Å². The van der Waals surface area contributed by atoms with Crippen molar-refractivity contribution in [3.8, 4) is 0 Å².